The number of halogens is 3. The zero-order chi connectivity index (χ0) is 17.7. The Morgan fingerprint density at radius 1 is 1.17 bits per heavy atom. The molecular formula is C17H19Cl3N2O2. The maximum Gasteiger partial charge on any atom is 0.156 e. The Kier molecular flexibility index (Phi) is 6.44. The lowest BCUT2D eigenvalue weighted by Crippen LogP contribution is -2.16. The Balaban J connectivity index is 1.97. The Labute approximate surface area is 156 Å². The van der Waals surface area contributed by atoms with Crippen molar-refractivity contribution in [2.45, 2.75) is 20.8 Å². The summed E-state index contributed by atoms with van der Waals surface area (Å²) in [6.07, 6.45) is 7.16. The van der Waals surface area contributed by atoms with Crippen LogP contribution in [0.4, 0.5) is 0 Å². The molecule has 0 fully saturated rings. The highest BCUT2D eigenvalue weighted by Gasteiger charge is 2.19. The van der Waals surface area contributed by atoms with E-state index < -0.39 is 0 Å². The van der Waals surface area contributed by atoms with Gasteiger partial charge in [-0.05, 0) is 12.1 Å². The molecule has 0 aliphatic heterocycles. The molecule has 0 unspecified atom stereocenters. The second-order valence-electron chi connectivity index (χ2n) is 6.15. The van der Waals surface area contributed by atoms with Gasteiger partial charge in [-0.3, -0.25) is 0 Å². The molecule has 0 amide bonds. The van der Waals surface area contributed by atoms with Crippen LogP contribution in [0.25, 0.3) is 6.20 Å². The molecule has 0 aliphatic carbocycles. The van der Waals surface area contributed by atoms with Crippen molar-refractivity contribution in [2.75, 3.05) is 13.2 Å². The zero-order valence-corrected chi connectivity index (χ0v) is 16.0. The van der Waals surface area contributed by atoms with Crippen LogP contribution in [0.2, 0.25) is 15.1 Å². The lowest BCUT2D eigenvalue weighted by Gasteiger charge is -2.23. The molecule has 1 aromatic carbocycles. The van der Waals surface area contributed by atoms with Gasteiger partial charge in [-0.1, -0.05) is 55.6 Å². The van der Waals surface area contributed by atoms with E-state index in [0.29, 0.717) is 34.0 Å². The quantitative estimate of drug-likeness (QED) is 0.464. The number of rotatable bonds is 6. The highest BCUT2D eigenvalue weighted by Crippen LogP contribution is 2.35. The van der Waals surface area contributed by atoms with E-state index in [1.807, 2.05) is 17.0 Å². The molecule has 0 aliphatic rings. The van der Waals surface area contributed by atoms with Crippen LogP contribution in [0.1, 0.15) is 20.8 Å². The largest absolute Gasteiger partial charge is 0.492 e. The average molecular weight is 390 g/mol. The lowest BCUT2D eigenvalue weighted by atomic mass is 9.94. The summed E-state index contributed by atoms with van der Waals surface area (Å²) < 4.78 is 13.3. The zero-order valence-electron chi connectivity index (χ0n) is 13.7. The molecule has 2 aromatic rings. The normalized spacial score (nSPS) is 12.3. The first-order chi connectivity index (χ1) is 11.3. The fourth-order valence-corrected chi connectivity index (χ4v) is 2.82. The third-order valence-electron chi connectivity index (χ3n) is 3.08. The summed E-state index contributed by atoms with van der Waals surface area (Å²) >= 11 is 18.1. The van der Waals surface area contributed by atoms with E-state index in [1.165, 1.54) is 0 Å². The second-order valence-corrected chi connectivity index (χ2v) is 7.40. The highest BCUT2D eigenvalue weighted by molar-refractivity contribution is 6.40. The Morgan fingerprint density at radius 3 is 2.38 bits per heavy atom. The number of allylic oxidation sites excluding steroid dienone is 1. The number of benzene rings is 1. The van der Waals surface area contributed by atoms with Crippen LogP contribution in [0.5, 0.6) is 5.75 Å². The van der Waals surface area contributed by atoms with Gasteiger partial charge in [0.2, 0.25) is 0 Å². The van der Waals surface area contributed by atoms with Crippen LogP contribution in [0.15, 0.2) is 36.6 Å². The average Bonchev–Trinajstić information content (AvgIpc) is 2.96. The van der Waals surface area contributed by atoms with Crippen molar-refractivity contribution in [3.8, 4) is 5.75 Å². The SMILES string of the molecule is CC(C)(C)/C(=C/n1ccnc1)OCCOc1c(Cl)cc(Cl)cc1Cl. The van der Waals surface area contributed by atoms with Gasteiger partial charge in [0.15, 0.2) is 5.75 Å². The summed E-state index contributed by atoms with van der Waals surface area (Å²) in [6, 6.07) is 3.18. The van der Waals surface area contributed by atoms with Gasteiger partial charge in [-0.15, -0.1) is 0 Å². The molecule has 1 aromatic heterocycles. The van der Waals surface area contributed by atoms with Crippen molar-refractivity contribution in [2.24, 2.45) is 5.41 Å². The first-order valence-corrected chi connectivity index (χ1v) is 8.50. The van der Waals surface area contributed by atoms with Gasteiger partial charge in [0, 0.05) is 29.0 Å². The fraction of sp³-hybridized carbons (Fsp3) is 0.353. The minimum atomic E-state index is -0.153. The summed E-state index contributed by atoms with van der Waals surface area (Å²) in [7, 11) is 0. The van der Waals surface area contributed by atoms with Crippen LogP contribution < -0.4 is 4.74 Å². The van der Waals surface area contributed by atoms with E-state index in [4.69, 9.17) is 44.3 Å². The van der Waals surface area contributed by atoms with Crippen LogP contribution in [-0.2, 0) is 4.74 Å². The Hall–Kier alpha value is -1.36. The minimum Gasteiger partial charge on any atom is -0.492 e. The van der Waals surface area contributed by atoms with Crippen molar-refractivity contribution in [1.29, 1.82) is 0 Å². The van der Waals surface area contributed by atoms with Gasteiger partial charge in [0.1, 0.15) is 19.0 Å². The first-order valence-electron chi connectivity index (χ1n) is 7.37. The molecule has 130 valence electrons. The monoisotopic (exact) mass is 388 g/mol. The van der Waals surface area contributed by atoms with Crippen molar-refractivity contribution in [3.05, 3.63) is 51.7 Å². The van der Waals surface area contributed by atoms with E-state index >= 15 is 0 Å². The summed E-state index contributed by atoms with van der Waals surface area (Å²) in [5.41, 5.74) is -0.153. The summed E-state index contributed by atoms with van der Waals surface area (Å²) in [4.78, 5) is 4.02. The highest BCUT2D eigenvalue weighted by atomic mass is 35.5. The summed E-state index contributed by atoms with van der Waals surface area (Å²) in [6.45, 7) is 6.88. The van der Waals surface area contributed by atoms with Crippen molar-refractivity contribution >= 4 is 41.0 Å². The van der Waals surface area contributed by atoms with E-state index in [9.17, 15) is 0 Å². The third kappa shape index (κ3) is 5.33. The van der Waals surface area contributed by atoms with Gasteiger partial charge >= 0.3 is 0 Å². The minimum absolute atomic E-state index is 0.153. The van der Waals surface area contributed by atoms with Crippen LogP contribution >= 0.6 is 34.8 Å². The molecule has 0 atom stereocenters. The van der Waals surface area contributed by atoms with Crippen molar-refractivity contribution in [3.63, 3.8) is 0 Å². The maximum absolute atomic E-state index is 6.09. The molecule has 0 radical (unpaired) electrons. The van der Waals surface area contributed by atoms with Gasteiger partial charge in [0.05, 0.1) is 16.4 Å². The number of hydrogen-bond donors (Lipinski definition) is 0. The lowest BCUT2D eigenvalue weighted by molar-refractivity contribution is 0.119. The van der Waals surface area contributed by atoms with E-state index in [1.54, 1.807) is 24.7 Å². The third-order valence-corrected chi connectivity index (χ3v) is 3.86. The number of ether oxygens (including phenoxy) is 2. The van der Waals surface area contributed by atoms with Crippen LogP contribution in [0.3, 0.4) is 0 Å². The maximum atomic E-state index is 6.09. The van der Waals surface area contributed by atoms with Gasteiger partial charge < -0.3 is 14.0 Å². The summed E-state index contributed by atoms with van der Waals surface area (Å²) in [5.74, 6) is 1.22. The van der Waals surface area contributed by atoms with Gasteiger partial charge in [-0.25, -0.2) is 4.98 Å². The Morgan fingerprint density at radius 2 is 1.83 bits per heavy atom. The molecule has 0 saturated heterocycles. The summed E-state index contributed by atoms with van der Waals surface area (Å²) in [5, 5.41) is 1.21. The topological polar surface area (TPSA) is 36.3 Å². The van der Waals surface area contributed by atoms with Crippen LogP contribution in [-0.4, -0.2) is 22.8 Å². The van der Waals surface area contributed by atoms with Crippen LogP contribution in [0, 0.1) is 5.41 Å². The molecule has 2 rings (SSSR count). The van der Waals surface area contributed by atoms with Gasteiger partial charge in [-0.2, -0.15) is 0 Å². The van der Waals surface area contributed by atoms with E-state index in [0.717, 1.165) is 5.76 Å². The standard InChI is InChI=1S/C17H19Cl3N2O2/c1-17(2,3)15(10-22-5-4-21-11-22)23-6-7-24-16-13(19)8-12(18)9-14(16)20/h4-5,8-11H,6-7H2,1-3H3/b15-10-. The molecule has 0 N–H and O–H groups in total. The number of hydrogen-bond acceptors (Lipinski definition) is 3. The van der Waals surface area contributed by atoms with E-state index in [2.05, 4.69) is 25.8 Å². The predicted octanol–water partition coefficient (Wildman–Crippen LogP) is 5.78. The Bertz CT molecular complexity index is 684. The van der Waals surface area contributed by atoms with Crippen molar-refractivity contribution in [1.82, 2.24) is 9.55 Å². The smallest absolute Gasteiger partial charge is 0.156 e. The predicted molar refractivity (Wildman–Crippen MR) is 98.9 cm³/mol. The van der Waals surface area contributed by atoms with Gasteiger partial charge in [0.25, 0.3) is 0 Å². The molecule has 1 heterocycles. The fourth-order valence-electron chi connectivity index (χ4n) is 1.89. The molecule has 0 bridgehead atoms. The second kappa shape index (κ2) is 8.15. The first kappa shape index (κ1) is 19.0. The molecule has 0 spiro atoms. The molecule has 24 heavy (non-hydrogen) atoms. The number of aromatic nitrogens is 2. The molecule has 7 heteroatoms. The number of nitrogens with zero attached hydrogens (tertiary/aromatic N) is 2. The molecule has 0 saturated carbocycles. The molecule has 4 nitrogen and oxygen atoms in total. The molecular weight excluding hydrogens is 371 g/mol. The van der Waals surface area contributed by atoms with E-state index in [-0.39, 0.29) is 5.41 Å². The number of imidazole rings is 1. The van der Waals surface area contributed by atoms with Crippen molar-refractivity contribution < 1.29 is 9.47 Å².